The second kappa shape index (κ2) is 10.2. The fourth-order valence-electron chi connectivity index (χ4n) is 4.31. The van der Waals surface area contributed by atoms with Gasteiger partial charge in [0.2, 0.25) is 0 Å². The van der Waals surface area contributed by atoms with Crippen LogP contribution in [0.15, 0.2) is 55.1 Å². The highest BCUT2D eigenvalue weighted by Crippen LogP contribution is 2.36. The summed E-state index contributed by atoms with van der Waals surface area (Å²) in [5.74, 6) is -1.59. The van der Waals surface area contributed by atoms with Crippen LogP contribution < -0.4 is 0 Å². The molecule has 0 aliphatic carbocycles. The van der Waals surface area contributed by atoms with Crippen molar-refractivity contribution in [3.8, 4) is 0 Å². The van der Waals surface area contributed by atoms with Crippen molar-refractivity contribution in [2.75, 3.05) is 13.2 Å². The molecule has 4 rings (SSSR count). The van der Waals surface area contributed by atoms with Crippen LogP contribution in [-0.4, -0.2) is 28.0 Å². The first-order valence-electron chi connectivity index (χ1n) is 10.9. The number of ether oxygens (including phenoxy) is 2. The van der Waals surface area contributed by atoms with Crippen molar-refractivity contribution >= 4 is 0 Å². The van der Waals surface area contributed by atoms with E-state index in [0.717, 1.165) is 18.2 Å². The number of rotatable bonds is 7. The summed E-state index contributed by atoms with van der Waals surface area (Å²) >= 11 is 0. The van der Waals surface area contributed by atoms with Crippen molar-refractivity contribution in [2.24, 2.45) is 11.8 Å². The number of alkyl halides is 3. The zero-order chi connectivity index (χ0) is 24.3. The van der Waals surface area contributed by atoms with Gasteiger partial charge in [-0.1, -0.05) is 25.1 Å². The largest absolute Gasteiger partial charge is 0.416 e. The molecule has 2 heterocycles. The van der Waals surface area contributed by atoms with Gasteiger partial charge in [0, 0.05) is 30.0 Å². The molecule has 0 spiro atoms. The van der Waals surface area contributed by atoms with Crippen LogP contribution in [-0.2, 0) is 22.2 Å². The Hall–Kier alpha value is -2.85. The van der Waals surface area contributed by atoms with Crippen LogP contribution in [0.2, 0.25) is 0 Å². The molecule has 1 unspecified atom stereocenters. The Morgan fingerprint density at radius 1 is 1.06 bits per heavy atom. The lowest BCUT2D eigenvalue weighted by Crippen LogP contribution is -2.30. The molecule has 0 bridgehead atoms. The fraction of sp³-hybridized carbons (Fsp3) is 0.417. The van der Waals surface area contributed by atoms with Crippen LogP contribution in [0, 0.1) is 23.5 Å². The molecule has 1 aliphatic heterocycles. The Labute approximate surface area is 193 Å². The molecule has 5 nitrogen and oxygen atoms in total. The van der Waals surface area contributed by atoms with Crippen molar-refractivity contribution in [3.05, 3.63) is 83.4 Å². The first-order valence-corrected chi connectivity index (χ1v) is 10.9. The summed E-state index contributed by atoms with van der Waals surface area (Å²) in [6.07, 6.45) is -1.57. The van der Waals surface area contributed by atoms with Gasteiger partial charge in [0.25, 0.3) is 0 Å². The molecule has 34 heavy (non-hydrogen) atoms. The predicted octanol–water partition coefficient (Wildman–Crippen LogP) is 5.75. The maximum absolute atomic E-state index is 14.6. The average molecular weight is 481 g/mol. The second-order valence-electron chi connectivity index (χ2n) is 8.59. The van der Waals surface area contributed by atoms with E-state index in [4.69, 9.17) is 9.47 Å². The van der Waals surface area contributed by atoms with Crippen molar-refractivity contribution in [1.29, 1.82) is 0 Å². The number of benzene rings is 2. The Balaban J connectivity index is 1.40. The molecule has 1 saturated heterocycles. The van der Waals surface area contributed by atoms with E-state index in [9.17, 15) is 22.0 Å². The molecule has 0 saturated carbocycles. The Bertz CT molecular complexity index is 1070. The zero-order valence-corrected chi connectivity index (χ0v) is 18.4. The van der Waals surface area contributed by atoms with E-state index in [1.165, 1.54) is 30.6 Å². The lowest BCUT2D eigenvalue weighted by molar-refractivity contribution is -0.207. The lowest BCUT2D eigenvalue weighted by atomic mass is 9.81. The maximum atomic E-state index is 14.6. The van der Waals surface area contributed by atoms with E-state index < -0.39 is 29.7 Å². The van der Waals surface area contributed by atoms with Gasteiger partial charge < -0.3 is 9.47 Å². The topological polar surface area (TPSA) is 49.2 Å². The van der Waals surface area contributed by atoms with Crippen LogP contribution in [0.25, 0.3) is 0 Å². The fourth-order valence-corrected chi connectivity index (χ4v) is 4.31. The molecule has 3 aromatic rings. The van der Waals surface area contributed by atoms with Gasteiger partial charge in [0.05, 0.1) is 18.8 Å². The summed E-state index contributed by atoms with van der Waals surface area (Å²) in [7, 11) is 0. The quantitative estimate of drug-likeness (QED) is 0.404. The van der Waals surface area contributed by atoms with Gasteiger partial charge in [-0.2, -0.15) is 18.3 Å². The molecule has 2 aromatic carbocycles. The highest BCUT2D eigenvalue weighted by Gasteiger charge is 2.32. The number of nitrogens with zero attached hydrogens (tertiary/aromatic N) is 3. The van der Waals surface area contributed by atoms with Crippen molar-refractivity contribution in [3.63, 3.8) is 0 Å². The van der Waals surface area contributed by atoms with E-state index in [2.05, 4.69) is 10.1 Å². The second-order valence-corrected chi connectivity index (χ2v) is 8.59. The Morgan fingerprint density at radius 3 is 2.35 bits per heavy atom. The molecule has 0 radical (unpaired) electrons. The minimum atomic E-state index is -4.40. The third kappa shape index (κ3) is 5.79. The molecule has 0 N–H and O–H groups in total. The number of aromatic nitrogens is 3. The summed E-state index contributed by atoms with van der Waals surface area (Å²) in [5.41, 5.74) is 0.173. The maximum Gasteiger partial charge on any atom is 0.416 e. The standard InChI is InChI=1S/C24H24F5N3O2/c1-15(21(10-32-14-30-13-31-32)20-7-6-19(25)9-22(20)26)8-16-11-33-23(34-12-16)17-2-4-18(5-3-17)24(27,28)29/h2-7,9,13-16,21,23H,8,10-12H2,1H3/t15-,16?,21?,23?/m0/s1. The highest BCUT2D eigenvalue weighted by molar-refractivity contribution is 5.26. The van der Waals surface area contributed by atoms with Gasteiger partial charge in [-0.05, 0) is 36.1 Å². The number of hydrogen-bond acceptors (Lipinski definition) is 4. The summed E-state index contributed by atoms with van der Waals surface area (Å²) < 4.78 is 79.6. The molecule has 0 amide bonds. The van der Waals surface area contributed by atoms with Gasteiger partial charge in [-0.15, -0.1) is 0 Å². The minimum absolute atomic E-state index is 0.00227. The van der Waals surface area contributed by atoms with Crippen LogP contribution in [0.5, 0.6) is 0 Å². The molecule has 1 fully saturated rings. The van der Waals surface area contributed by atoms with Crippen LogP contribution >= 0.6 is 0 Å². The summed E-state index contributed by atoms with van der Waals surface area (Å²) in [4.78, 5) is 3.93. The van der Waals surface area contributed by atoms with E-state index >= 15 is 0 Å². The molecule has 182 valence electrons. The van der Waals surface area contributed by atoms with Gasteiger partial charge in [-0.25, -0.2) is 13.8 Å². The monoisotopic (exact) mass is 481 g/mol. The normalized spacial score (nSPS) is 20.8. The van der Waals surface area contributed by atoms with Gasteiger partial charge in [0.1, 0.15) is 24.3 Å². The van der Waals surface area contributed by atoms with E-state index in [1.54, 1.807) is 11.0 Å². The third-order valence-electron chi connectivity index (χ3n) is 6.08. The zero-order valence-electron chi connectivity index (χ0n) is 18.4. The van der Waals surface area contributed by atoms with Gasteiger partial charge in [0.15, 0.2) is 6.29 Å². The number of halogens is 5. The molecule has 10 heteroatoms. The van der Waals surface area contributed by atoms with Crippen LogP contribution in [0.3, 0.4) is 0 Å². The molecule has 1 aromatic heterocycles. The first kappa shape index (κ1) is 24.3. The van der Waals surface area contributed by atoms with E-state index in [1.807, 2.05) is 6.92 Å². The average Bonchev–Trinajstić information content (AvgIpc) is 3.31. The molecule has 1 aliphatic rings. The summed E-state index contributed by atoms with van der Waals surface area (Å²) in [6, 6.07) is 8.27. The van der Waals surface area contributed by atoms with Crippen LogP contribution in [0.4, 0.5) is 22.0 Å². The number of hydrogen-bond donors (Lipinski definition) is 0. The first-order chi connectivity index (χ1) is 16.2. The highest BCUT2D eigenvalue weighted by atomic mass is 19.4. The third-order valence-corrected chi connectivity index (χ3v) is 6.08. The van der Waals surface area contributed by atoms with Crippen LogP contribution in [0.1, 0.15) is 42.2 Å². The Kier molecular flexibility index (Phi) is 7.27. The van der Waals surface area contributed by atoms with E-state index in [-0.39, 0.29) is 17.8 Å². The summed E-state index contributed by atoms with van der Waals surface area (Å²) in [6.45, 7) is 3.04. The van der Waals surface area contributed by atoms with Gasteiger partial charge >= 0.3 is 6.18 Å². The molecular weight excluding hydrogens is 457 g/mol. The smallest absolute Gasteiger partial charge is 0.348 e. The Morgan fingerprint density at radius 2 is 1.76 bits per heavy atom. The predicted molar refractivity (Wildman–Crippen MR) is 112 cm³/mol. The molecular formula is C24H24F5N3O2. The lowest BCUT2D eigenvalue weighted by Gasteiger charge is -2.33. The van der Waals surface area contributed by atoms with Crippen molar-refractivity contribution < 1.29 is 31.4 Å². The van der Waals surface area contributed by atoms with E-state index in [0.29, 0.717) is 37.3 Å². The summed E-state index contributed by atoms with van der Waals surface area (Å²) in [5, 5.41) is 4.11. The minimum Gasteiger partial charge on any atom is -0.348 e. The van der Waals surface area contributed by atoms with Crippen molar-refractivity contribution in [2.45, 2.75) is 38.3 Å². The van der Waals surface area contributed by atoms with Gasteiger partial charge in [-0.3, -0.25) is 4.68 Å². The SMILES string of the molecule is C[C@@H](CC1COC(c2ccc(C(F)(F)F)cc2)OC1)C(Cn1cncn1)c1ccc(F)cc1F. The molecule has 2 atom stereocenters. The van der Waals surface area contributed by atoms with Crippen molar-refractivity contribution in [1.82, 2.24) is 14.8 Å².